The Morgan fingerprint density at radius 2 is 1.95 bits per heavy atom. The van der Waals surface area contributed by atoms with Gasteiger partial charge in [0.15, 0.2) is 5.78 Å². The van der Waals surface area contributed by atoms with Crippen molar-refractivity contribution in [3.8, 4) is 0 Å². The Bertz CT molecular complexity index is 587. The van der Waals surface area contributed by atoms with Gasteiger partial charge in [-0.3, -0.25) is 4.79 Å². The van der Waals surface area contributed by atoms with Crippen LogP contribution in [0.1, 0.15) is 20.8 Å². The van der Waals surface area contributed by atoms with Crippen molar-refractivity contribution in [3.63, 3.8) is 0 Å². The van der Waals surface area contributed by atoms with Gasteiger partial charge in [-0.05, 0) is 29.6 Å². The molecule has 19 heavy (non-hydrogen) atoms. The van der Waals surface area contributed by atoms with Crippen LogP contribution in [0.2, 0.25) is 0 Å². The molecule has 0 saturated carbocycles. The minimum atomic E-state index is -4.59. The molecule has 0 aliphatic heterocycles. The van der Waals surface area contributed by atoms with Crippen LogP contribution in [0, 0.1) is 5.82 Å². The summed E-state index contributed by atoms with van der Waals surface area (Å²) in [6.07, 6.45) is -4.69. The minimum Gasteiger partial charge on any atom is -0.294 e. The van der Waals surface area contributed by atoms with E-state index < -0.39 is 28.9 Å². The molecule has 0 unspecified atom stereocenters. The molecule has 2 aromatic rings. The molecule has 0 spiro atoms. The third kappa shape index (κ3) is 3.20. The highest BCUT2D eigenvalue weighted by atomic mass is 32.1. The molecular weight excluding hydrogens is 280 g/mol. The van der Waals surface area contributed by atoms with Crippen molar-refractivity contribution in [1.29, 1.82) is 0 Å². The van der Waals surface area contributed by atoms with Gasteiger partial charge in [-0.2, -0.15) is 13.2 Å². The predicted octanol–water partition coefficient (Wildman–Crippen LogP) is 4.33. The van der Waals surface area contributed by atoms with E-state index in [1.54, 1.807) is 17.5 Å². The zero-order chi connectivity index (χ0) is 14.0. The molecule has 0 aliphatic rings. The number of halogens is 4. The Balaban J connectivity index is 2.31. The topological polar surface area (TPSA) is 17.1 Å². The average Bonchev–Trinajstić information content (AvgIpc) is 2.80. The van der Waals surface area contributed by atoms with E-state index >= 15 is 0 Å². The zero-order valence-electron chi connectivity index (χ0n) is 9.50. The van der Waals surface area contributed by atoms with Crippen molar-refractivity contribution in [2.75, 3.05) is 0 Å². The maximum Gasteiger partial charge on any atom is 0.416 e. The highest BCUT2D eigenvalue weighted by Crippen LogP contribution is 2.30. The number of Topliss-reactive ketones (excluding diaryl/α,β-unsaturated/α-hetero) is 1. The van der Waals surface area contributed by atoms with Gasteiger partial charge in [-0.25, -0.2) is 4.39 Å². The first-order valence-corrected chi connectivity index (χ1v) is 6.18. The van der Waals surface area contributed by atoms with Crippen molar-refractivity contribution in [2.45, 2.75) is 12.6 Å². The molecule has 0 amide bonds. The molecule has 1 aromatic carbocycles. The maximum atomic E-state index is 13.5. The lowest BCUT2D eigenvalue weighted by atomic mass is 10.0. The third-order valence-electron chi connectivity index (χ3n) is 2.51. The van der Waals surface area contributed by atoms with Gasteiger partial charge >= 0.3 is 6.18 Å². The average molecular weight is 288 g/mol. The highest BCUT2D eigenvalue weighted by molar-refractivity contribution is 7.10. The SMILES string of the molecule is O=C(Cc1cccs1)c1cc(C(F)(F)F)ccc1F. The predicted molar refractivity (Wildman–Crippen MR) is 63.8 cm³/mol. The largest absolute Gasteiger partial charge is 0.416 e. The fourth-order valence-electron chi connectivity index (χ4n) is 1.58. The first kappa shape index (κ1) is 13.7. The van der Waals surface area contributed by atoms with Gasteiger partial charge in [0.25, 0.3) is 0 Å². The standard InChI is InChI=1S/C13H8F4OS/c14-11-4-3-8(13(15,16)17)6-10(11)12(18)7-9-2-1-5-19-9/h1-6H,7H2. The first-order valence-electron chi connectivity index (χ1n) is 5.30. The van der Waals surface area contributed by atoms with E-state index in [0.29, 0.717) is 23.1 Å². The molecular formula is C13H8F4OS. The second kappa shape index (κ2) is 5.13. The van der Waals surface area contributed by atoms with Crippen LogP contribution in [-0.2, 0) is 12.6 Å². The van der Waals surface area contributed by atoms with Crippen LogP contribution in [0.15, 0.2) is 35.7 Å². The van der Waals surface area contributed by atoms with Gasteiger partial charge < -0.3 is 0 Å². The monoisotopic (exact) mass is 288 g/mol. The molecule has 100 valence electrons. The minimum absolute atomic E-state index is 0.101. The van der Waals surface area contributed by atoms with Crippen LogP contribution >= 0.6 is 11.3 Å². The zero-order valence-corrected chi connectivity index (χ0v) is 10.3. The Morgan fingerprint density at radius 1 is 1.21 bits per heavy atom. The molecule has 2 rings (SSSR count). The molecule has 0 radical (unpaired) electrons. The van der Waals surface area contributed by atoms with Crippen molar-refractivity contribution in [2.24, 2.45) is 0 Å². The summed E-state index contributed by atoms with van der Waals surface area (Å²) in [7, 11) is 0. The van der Waals surface area contributed by atoms with Crippen molar-refractivity contribution in [1.82, 2.24) is 0 Å². The quantitative estimate of drug-likeness (QED) is 0.607. The molecule has 0 bridgehead atoms. The summed E-state index contributed by atoms with van der Waals surface area (Å²) in [4.78, 5) is 12.5. The van der Waals surface area contributed by atoms with Gasteiger partial charge in [0.05, 0.1) is 11.1 Å². The van der Waals surface area contributed by atoms with E-state index in [0.717, 1.165) is 0 Å². The van der Waals surface area contributed by atoms with E-state index in [-0.39, 0.29) is 6.42 Å². The molecule has 1 nitrogen and oxygen atoms in total. The second-order valence-corrected chi connectivity index (χ2v) is 4.90. The summed E-state index contributed by atoms with van der Waals surface area (Å²) in [6, 6.07) is 5.25. The van der Waals surface area contributed by atoms with Crippen molar-refractivity contribution < 1.29 is 22.4 Å². The smallest absolute Gasteiger partial charge is 0.294 e. The number of thiophene rings is 1. The fraction of sp³-hybridized carbons (Fsp3) is 0.154. The molecule has 0 atom stereocenters. The highest BCUT2D eigenvalue weighted by Gasteiger charge is 2.31. The van der Waals surface area contributed by atoms with E-state index in [4.69, 9.17) is 0 Å². The van der Waals surface area contributed by atoms with Crippen LogP contribution in [0.3, 0.4) is 0 Å². The van der Waals surface area contributed by atoms with E-state index in [1.807, 2.05) is 0 Å². The molecule has 0 N–H and O–H groups in total. The van der Waals surface area contributed by atoms with Crippen LogP contribution in [0.5, 0.6) is 0 Å². The molecule has 0 saturated heterocycles. The summed E-state index contributed by atoms with van der Waals surface area (Å²) < 4.78 is 51.0. The fourth-order valence-corrected chi connectivity index (χ4v) is 2.29. The summed E-state index contributed by atoms with van der Waals surface area (Å²) in [5.74, 6) is -1.60. The van der Waals surface area contributed by atoms with E-state index in [9.17, 15) is 22.4 Å². The summed E-state index contributed by atoms with van der Waals surface area (Å²) in [5.41, 5.74) is -1.55. The Labute approximate surface area is 110 Å². The van der Waals surface area contributed by atoms with Crippen molar-refractivity contribution in [3.05, 3.63) is 57.5 Å². The molecule has 1 aromatic heterocycles. The lowest BCUT2D eigenvalue weighted by molar-refractivity contribution is -0.137. The molecule has 1 heterocycles. The molecule has 6 heteroatoms. The maximum absolute atomic E-state index is 13.5. The van der Waals surface area contributed by atoms with Crippen LogP contribution in [0.25, 0.3) is 0 Å². The lowest BCUT2D eigenvalue weighted by Gasteiger charge is -2.09. The van der Waals surface area contributed by atoms with Crippen LogP contribution < -0.4 is 0 Å². The Hall–Kier alpha value is -1.69. The number of carbonyl (C=O) groups is 1. The first-order chi connectivity index (χ1) is 8.88. The van der Waals surface area contributed by atoms with E-state index in [2.05, 4.69) is 0 Å². The normalized spacial score (nSPS) is 11.6. The Morgan fingerprint density at radius 3 is 2.53 bits per heavy atom. The second-order valence-electron chi connectivity index (χ2n) is 3.87. The number of rotatable bonds is 3. The number of hydrogen-bond donors (Lipinski definition) is 0. The van der Waals surface area contributed by atoms with Gasteiger partial charge in [-0.15, -0.1) is 11.3 Å². The van der Waals surface area contributed by atoms with Gasteiger partial charge in [0, 0.05) is 11.3 Å². The van der Waals surface area contributed by atoms with Crippen LogP contribution in [0.4, 0.5) is 17.6 Å². The number of benzene rings is 1. The summed E-state index contributed by atoms with van der Waals surface area (Å²) >= 11 is 1.30. The summed E-state index contributed by atoms with van der Waals surface area (Å²) in [5, 5.41) is 1.74. The van der Waals surface area contributed by atoms with Crippen molar-refractivity contribution >= 4 is 17.1 Å². The number of carbonyl (C=O) groups excluding carboxylic acids is 1. The molecule has 0 fully saturated rings. The number of alkyl halides is 3. The van der Waals surface area contributed by atoms with Crippen LogP contribution in [-0.4, -0.2) is 5.78 Å². The number of ketones is 1. The van der Waals surface area contributed by atoms with E-state index in [1.165, 1.54) is 11.3 Å². The van der Waals surface area contributed by atoms with Gasteiger partial charge in [0.2, 0.25) is 0 Å². The molecule has 0 aliphatic carbocycles. The number of hydrogen-bond acceptors (Lipinski definition) is 2. The Kier molecular flexibility index (Phi) is 3.71. The van der Waals surface area contributed by atoms with Gasteiger partial charge in [-0.1, -0.05) is 6.07 Å². The lowest BCUT2D eigenvalue weighted by Crippen LogP contribution is -2.10. The van der Waals surface area contributed by atoms with Gasteiger partial charge in [0.1, 0.15) is 5.82 Å². The summed E-state index contributed by atoms with van der Waals surface area (Å²) in [6.45, 7) is 0. The third-order valence-corrected chi connectivity index (χ3v) is 3.39.